The average Bonchev–Trinajstić information content (AvgIpc) is 2.90. The van der Waals surface area contributed by atoms with Gasteiger partial charge in [-0.25, -0.2) is 0 Å². The van der Waals surface area contributed by atoms with Gasteiger partial charge in [0.05, 0.1) is 0 Å². The van der Waals surface area contributed by atoms with E-state index in [0.29, 0.717) is 11.8 Å². The Labute approximate surface area is 123 Å². The summed E-state index contributed by atoms with van der Waals surface area (Å²) in [4.78, 5) is 23.4. The topological polar surface area (TPSA) is 117 Å². The van der Waals surface area contributed by atoms with Gasteiger partial charge in [0, 0.05) is 24.6 Å². The van der Waals surface area contributed by atoms with Gasteiger partial charge in [-0.15, -0.1) is 0 Å². The van der Waals surface area contributed by atoms with Crippen LogP contribution in [0.5, 0.6) is 0 Å². The largest absolute Gasteiger partial charge is 0.483 e. The molecule has 0 fully saturated rings. The first-order valence-electron chi connectivity index (χ1n) is 6.37. The molecule has 0 spiro atoms. The van der Waals surface area contributed by atoms with E-state index in [1.165, 1.54) is 0 Å². The maximum absolute atomic E-state index is 8.36. The van der Waals surface area contributed by atoms with Gasteiger partial charge in [0.2, 0.25) is 0 Å². The molecule has 21 heavy (non-hydrogen) atoms. The predicted octanol–water partition coefficient (Wildman–Crippen LogP) is 1.31. The van der Waals surface area contributed by atoms with Crippen LogP contribution in [0.25, 0.3) is 5.57 Å². The van der Waals surface area contributed by atoms with Crippen molar-refractivity contribution >= 4 is 18.5 Å². The minimum absolute atomic E-state index is 0.250. The van der Waals surface area contributed by atoms with Gasteiger partial charge in [-0.3, -0.25) is 9.59 Å². The average molecular weight is 299 g/mol. The van der Waals surface area contributed by atoms with Crippen molar-refractivity contribution in [1.82, 2.24) is 15.0 Å². The van der Waals surface area contributed by atoms with Crippen LogP contribution in [0.3, 0.4) is 0 Å². The summed E-state index contributed by atoms with van der Waals surface area (Å²) in [6, 6.07) is 0. The normalized spacial score (nSPS) is 14.2. The zero-order valence-corrected chi connectivity index (χ0v) is 12.4. The number of hydrogen-bond donors (Lipinski definition) is 2. The molecule has 0 saturated carbocycles. The monoisotopic (exact) mass is 299 g/mol. The lowest BCUT2D eigenvalue weighted by Gasteiger charge is -2.20. The number of hydrogen-bond acceptors (Lipinski definition) is 6. The summed E-state index contributed by atoms with van der Waals surface area (Å²) >= 11 is 0. The maximum Gasteiger partial charge on any atom is 0.290 e. The highest BCUT2D eigenvalue weighted by atomic mass is 16.5. The van der Waals surface area contributed by atoms with E-state index in [2.05, 4.69) is 42.0 Å². The molecular weight excluding hydrogens is 278 g/mol. The Morgan fingerprint density at radius 2 is 1.90 bits per heavy atom. The summed E-state index contributed by atoms with van der Waals surface area (Å²) < 4.78 is 5.26. The fourth-order valence-corrected chi connectivity index (χ4v) is 1.65. The molecule has 2 N–H and O–H groups in total. The van der Waals surface area contributed by atoms with Crippen molar-refractivity contribution in [2.45, 2.75) is 26.2 Å². The summed E-state index contributed by atoms with van der Waals surface area (Å²) in [5.41, 5.74) is 1.16. The Balaban J connectivity index is 0.000000578. The van der Waals surface area contributed by atoms with Crippen molar-refractivity contribution in [3.63, 3.8) is 0 Å². The Kier molecular flexibility index (Phi) is 9.44. The predicted molar refractivity (Wildman–Crippen MR) is 75.9 cm³/mol. The van der Waals surface area contributed by atoms with E-state index in [1.54, 1.807) is 0 Å². The van der Waals surface area contributed by atoms with Crippen molar-refractivity contribution in [3.05, 3.63) is 17.8 Å². The van der Waals surface area contributed by atoms with Gasteiger partial charge in [-0.2, -0.15) is 4.98 Å². The molecule has 118 valence electrons. The third kappa shape index (κ3) is 7.21. The Morgan fingerprint density at radius 1 is 1.33 bits per heavy atom. The van der Waals surface area contributed by atoms with Crippen LogP contribution in [-0.4, -0.2) is 58.3 Å². The van der Waals surface area contributed by atoms with Crippen LogP contribution in [0.1, 0.15) is 37.9 Å². The van der Waals surface area contributed by atoms with Crippen LogP contribution in [0.4, 0.5) is 0 Å². The molecule has 0 amide bonds. The third-order valence-corrected chi connectivity index (χ3v) is 2.57. The summed E-state index contributed by atoms with van der Waals surface area (Å²) in [6.07, 6.45) is 3.25. The van der Waals surface area contributed by atoms with E-state index < -0.39 is 0 Å². The summed E-state index contributed by atoms with van der Waals surface area (Å²) in [5.74, 6) is 1.80. The Hall–Kier alpha value is -2.22. The molecule has 1 aromatic rings. The fourth-order valence-electron chi connectivity index (χ4n) is 1.65. The zero-order chi connectivity index (χ0) is 16.3. The van der Waals surface area contributed by atoms with Crippen LogP contribution in [0.2, 0.25) is 0 Å². The molecule has 0 aromatic carbocycles. The highest BCUT2D eigenvalue weighted by Crippen LogP contribution is 2.20. The van der Waals surface area contributed by atoms with Crippen LogP contribution < -0.4 is 0 Å². The smallest absolute Gasteiger partial charge is 0.290 e. The standard InChI is InChI=1S/C11H17N3O.2CH2O2/c1-8(2)10-12-11(15-13-10)9-5-4-6-14(3)7-9;2*2-1-3/h5,8H,4,6-7H2,1-3H3;2*1H,(H,2,3). The third-order valence-electron chi connectivity index (χ3n) is 2.57. The first-order valence-corrected chi connectivity index (χ1v) is 6.37. The van der Waals surface area contributed by atoms with Gasteiger partial charge in [-0.1, -0.05) is 25.1 Å². The van der Waals surface area contributed by atoms with Gasteiger partial charge in [0.25, 0.3) is 18.8 Å². The molecule has 0 atom stereocenters. The van der Waals surface area contributed by atoms with E-state index in [1.807, 2.05) is 0 Å². The molecule has 0 radical (unpaired) electrons. The second kappa shape index (κ2) is 10.6. The summed E-state index contributed by atoms with van der Waals surface area (Å²) in [7, 11) is 2.10. The second-order valence-corrected chi connectivity index (χ2v) is 4.58. The van der Waals surface area contributed by atoms with Gasteiger partial charge >= 0.3 is 0 Å². The molecular formula is C13H21N3O5. The molecule has 0 saturated heterocycles. The van der Waals surface area contributed by atoms with Crippen LogP contribution >= 0.6 is 0 Å². The highest BCUT2D eigenvalue weighted by molar-refractivity contribution is 5.60. The first kappa shape index (κ1) is 18.8. The quantitative estimate of drug-likeness (QED) is 0.785. The van der Waals surface area contributed by atoms with E-state index >= 15 is 0 Å². The van der Waals surface area contributed by atoms with E-state index in [4.69, 9.17) is 24.3 Å². The molecule has 0 unspecified atom stereocenters. The van der Waals surface area contributed by atoms with Crippen molar-refractivity contribution in [3.8, 4) is 0 Å². The lowest BCUT2D eigenvalue weighted by Crippen LogP contribution is -2.25. The number of likely N-dealkylation sites (N-methyl/N-ethyl adjacent to an activating group) is 1. The SMILES string of the molecule is CC(C)c1noc(C2=CCCN(C)C2)n1.O=CO.O=CO. The number of carboxylic acid groups (broad SMARTS) is 2. The molecule has 2 rings (SSSR count). The maximum atomic E-state index is 8.36. The number of carbonyl (C=O) groups is 2. The Morgan fingerprint density at radius 3 is 2.33 bits per heavy atom. The summed E-state index contributed by atoms with van der Waals surface area (Å²) in [6.45, 7) is 5.64. The lowest BCUT2D eigenvalue weighted by atomic mass is 10.1. The number of aromatic nitrogens is 2. The van der Waals surface area contributed by atoms with Gasteiger partial charge < -0.3 is 19.6 Å². The molecule has 1 aromatic heterocycles. The Bertz CT molecular complexity index is 450. The first-order chi connectivity index (χ1) is 9.99. The molecule has 8 nitrogen and oxygen atoms in total. The fraction of sp³-hybridized carbons (Fsp3) is 0.538. The molecule has 0 bridgehead atoms. The van der Waals surface area contributed by atoms with Crippen LogP contribution in [0, 0.1) is 0 Å². The molecule has 8 heteroatoms. The van der Waals surface area contributed by atoms with Gasteiger partial charge in [0.1, 0.15) is 0 Å². The van der Waals surface area contributed by atoms with Crippen LogP contribution in [0.15, 0.2) is 10.6 Å². The minimum atomic E-state index is -0.250. The number of rotatable bonds is 2. The van der Waals surface area contributed by atoms with E-state index in [0.717, 1.165) is 30.9 Å². The van der Waals surface area contributed by atoms with Crippen molar-refractivity contribution in [2.75, 3.05) is 20.1 Å². The van der Waals surface area contributed by atoms with Crippen molar-refractivity contribution < 1.29 is 24.3 Å². The van der Waals surface area contributed by atoms with E-state index in [-0.39, 0.29) is 12.9 Å². The van der Waals surface area contributed by atoms with Gasteiger partial charge in [-0.05, 0) is 13.5 Å². The molecule has 2 heterocycles. The molecule has 1 aliphatic heterocycles. The van der Waals surface area contributed by atoms with E-state index in [9.17, 15) is 0 Å². The van der Waals surface area contributed by atoms with Gasteiger partial charge in [0.15, 0.2) is 5.82 Å². The minimum Gasteiger partial charge on any atom is -0.483 e. The second-order valence-electron chi connectivity index (χ2n) is 4.58. The molecule has 0 aliphatic carbocycles. The van der Waals surface area contributed by atoms with Crippen molar-refractivity contribution in [2.24, 2.45) is 0 Å². The zero-order valence-electron chi connectivity index (χ0n) is 12.4. The summed E-state index contributed by atoms with van der Waals surface area (Å²) in [5, 5.41) is 17.7. The lowest BCUT2D eigenvalue weighted by molar-refractivity contribution is -0.123. The highest BCUT2D eigenvalue weighted by Gasteiger charge is 2.17. The molecule has 1 aliphatic rings. The number of nitrogens with zero attached hydrogens (tertiary/aromatic N) is 3. The van der Waals surface area contributed by atoms with Crippen molar-refractivity contribution in [1.29, 1.82) is 0 Å². The van der Waals surface area contributed by atoms with Crippen LogP contribution in [-0.2, 0) is 9.59 Å².